The molecule has 0 radical (unpaired) electrons. The smallest absolute Gasteiger partial charge is 0.254 e. The van der Waals surface area contributed by atoms with Crippen LogP contribution in [0.3, 0.4) is 0 Å². The van der Waals surface area contributed by atoms with Gasteiger partial charge in [0.05, 0.1) is 24.9 Å². The first-order valence-corrected chi connectivity index (χ1v) is 10.6. The third-order valence-electron chi connectivity index (χ3n) is 6.13. The number of hydrogen-bond donors (Lipinski definition) is 1. The predicted molar refractivity (Wildman–Crippen MR) is 111 cm³/mol. The second-order valence-electron chi connectivity index (χ2n) is 8.19. The number of fused-ring (bicyclic) bond motifs is 1. The van der Waals surface area contributed by atoms with Crippen LogP contribution in [-0.4, -0.2) is 79.8 Å². The van der Waals surface area contributed by atoms with Crippen molar-refractivity contribution in [2.75, 3.05) is 32.8 Å². The SMILES string of the molecule is Cn1cc([C@H]2[C@H](CN3CCCCC3)OCCN2C(=O)c2ccc3n[nH]nc3c2)cn1. The Kier molecular flexibility index (Phi) is 5.22. The van der Waals surface area contributed by atoms with Crippen molar-refractivity contribution in [2.24, 2.45) is 7.05 Å². The van der Waals surface area contributed by atoms with Gasteiger partial charge < -0.3 is 14.5 Å². The summed E-state index contributed by atoms with van der Waals surface area (Å²) in [5, 5.41) is 15.2. The highest BCUT2D eigenvalue weighted by molar-refractivity contribution is 5.97. The quantitative estimate of drug-likeness (QED) is 0.706. The van der Waals surface area contributed by atoms with Crippen LogP contribution in [0.25, 0.3) is 11.0 Å². The minimum Gasteiger partial charge on any atom is -0.373 e. The van der Waals surface area contributed by atoms with E-state index in [1.54, 1.807) is 10.7 Å². The van der Waals surface area contributed by atoms with Crippen molar-refractivity contribution in [1.82, 2.24) is 35.0 Å². The van der Waals surface area contributed by atoms with Crippen molar-refractivity contribution in [2.45, 2.75) is 31.4 Å². The fraction of sp³-hybridized carbons (Fsp3) is 0.524. The Morgan fingerprint density at radius 2 is 2.00 bits per heavy atom. The number of H-pyrrole nitrogens is 1. The summed E-state index contributed by atoms with van der Waals surface area (Å²) in [7, 11) is 1.90. The molecular formula is C21H27N7O2. The summed E-state index contributed by atoms with van der Waals surface area (Å²) in [5.74, 6) is -0.0132. The molecule has 0 saturated carbocycles. The average molecular weight is 409 g/mol. The number of aryl methyl sites for hydroxylation is 1. The van der Waals surface area contributed by atoms with E-state index in [1.807, 2.05) is 36.5 Å². The number of likely N-dealkylation sites (tertiary alicyclic amines) is 1. The number of amides is 1. The molecule has 1 aromatic carbocycles. The van der Waals surface area contributed by atoms with E-state index in [-0.39, 0.29) is 18.1 Å². The van der Waals surface area contributed by atoms with Crippen molar-refractivity contribution >= 4 is 16.9 Å². The topological polar surface area (TPSA) is 92.2 Å². The van der Waals surface area contributed by atoms with E-state index in [0.717, 1.165) is 30.7 Å². The Bertz CT molecular complexity index is 1020. The fourth-order valence-corrected chi connectivity index (χ4v) is 4.64. The van der Waals surface area contributed by atoms with Gasteiger partial charge in [-0.2, -0.15) is 20.5 Å². The second-order valence-corrected chi connectivity index (χ2v) is 8.19. The van der Waals surface area contributed by atoms with Gasteiger partial charge in [-0.3, -0.25) is 9.48 Å². The second kappa shape index (κ2) is 8.16. The van der Waals surface area contributed by atoms with E-state index < -0.39 is 0 Å². The van der Waals surface area contributed by atoms with Gasteiger partial charge in [-0.1, -0.05) is 6.42 Å². The Balaban J connectivity index is 1.45. The first kappa shape index (κ1) is 19.2. The predicted octanol–water partition coefficient (Wildman–Crippen LogP) is 1.76. The summed E-state index contributed by atoms with van der Waals surface area (Å²) in [4.78, 5) is 18.0. The highest BCUT2D eigenvalue weighted by Crippen LogP contribution is 2.32. The Labute approximate surface area is 175 Å². The number of aromatic amines is 1. The van der Waals surface area contributed by atoms with Crippen LogP contribution >= 0.6 is 0 Å². The third-order valence-corrected chi connectivity index (χ3v) is 6.13. The summed E-state index contributed by atoms with van der Waals surface area (Å²) in [6, 6.07) is 5.28. The van der Waals surface area contributed by atoms with E-state index in [4.69, 9.17) is 4.74 Å². The molecule has 2 fully saturated rings. The number of morpholine rings is 1. The van der Waals surface area contributed by atoms with E-state index in [2.05, 4.69) is 25.4 Å². The molecule has 0 bridgehead atoms. The van der Waals surface area contributed by atoms with Crippen molar-refractivity contribution in [3.8, 4) is 0 Å². The van der Waals surface area contributed by atoms with Crippen LogP contribution in [0.4, 0.5) is 0 Å². The molecule has 4 heterocycles. The van der Waals surface area contributed by atoms with E-state index in [9.17, 15) is 4.79 Å². The number of rotatable bonds is 4. The molecule has 0 unspecified atom stereocenters. The minimum atomic E-state index is -0.171. The maximum absolute atomic E-state index is 13.6. The third kappa shape index (κ3) is 3.70. The van der Waals surface area contributed by atoms with Crippen LogP contribution in [0.2, 0.25) is 0 Å². The number of nitrogens with one attached hydrogen (secondary N) is 1. The number of carbonyl (C=O) groups excluding carboxylic acids is 1. The normalized spacial score (nSPS) is 23.2. The van der Waals surface area contributed by atoms with E-state index in [0.29, 0.717) is 24.2 Å². The number of ether oxygens (including phenoxy) is 1. The van der Waals surface area contributed by atoms with Gasteiger partial charge in [-0.05, 0) is 44.1 Å². The number of carbonyl (C=O) groups is 1. The summed E-state index contributed by atoms with van der Waals surface area (Å²) in [6.07, 6.45) is 7.51. The molecule has 0 aliphatic carbocycles. The number of nitrogens with zero attached hydrogens (tertiary/aromatic N) is 6. The van der Waals surface area contributed by atoms with Crippen LogP contribution in [0.1, 0.15) is 41.2 Å². The molecule has 158 valence electrons. The molecule has 30 heavy (non-hydrogen) atoms. The fourth-order valence-electron chi connectivity index (χ4n) is 4.64. The standard InChI is InChI=1S/C21H27N7O2/c1-26-13-16(12-22-26)20-19(14-27-7-3-2-4-8-27)30-10-9-28(20)21(29)15-5-6-17-18(11-15)24-25-23-17/h5-6,11-13,19-20H,2-4,7-10,14H2,1H3,(H,23,24,25)/t19-,20-/m0/s1. The molecule has 2 aliphatic rings. The maximum atomic E-state index is 13.6. The zero-order chi connectivity index (χ0) is 20.5. The summed E-state index contributed by atoms with van der Waals surface area (Å²) >= 11 is 0. The Hall–Kier alpha value is -2.78. The van der Waals surface area contributed by atoms with Crippen molar-refractivity contribution in [3.63, 3.8) is 0 Å². The van der Waals surface area contributed by atoms with Gasteiger partial charge in [0, 0.05) is 37.5 Å². The molecule has 1 amide bonds. The van der Waals surface area contributed by atoms with Gasteiger partial charge in [0.1, 0.15) is 11.0 Å². The lowest BCUT2D eigenvalue weighted by Crippen LogP contribution is -2.52. The molecule has 0 spiro atoms. The molecule has 2 atom stereocenters. The van der Waals surface area contributed by atoms with Crippen molar-refractivity contribution in [3.05, 3.63) is 41.7 Å². The lowest BCUT2D eigenvalue weighted by molar-refractivity contribution is -0.0741. The molecule has 9 heteroatoms. The highest BCUT2D eigenvalue weighted by Gasteiger charge is 2.38. The van der Waals surface area contributed by atoms with Crippen LogP contribution < -0.4 is 0 Å². The number of piperidine rings is 1. The summed E-state index contributed by atoms with van der Waals surface area (Å²) in [6.45, 7) is 4.09. The molecular weight excluding hydrogens is 382 g/mol. The molecule has 2 saturated heterocycles. The lowest BCUT2D eigenvalue weighted by atomic mass is 9.98. The highest BCUT2D eigenvalue weighted by atomic mass is 16.5. The monoisotopic (exact) mass is 409 g/mol. The Morgan fingerprint density at radius 3 is 2.80 bits per heavy atom. The van der Waals surface area contributed by atoms with E-state index in [1.165, 1.54) is 19.3 Å². The molecule has 5 rings (SSSR count). The lowest BCUT2D eigenvalue weighted by Gasteiger charge is -2.43. The van der Waals surface area contributed by atoms with Crippen LogP contribution in [-0.2, 0) is 11.8 Å². The number of hydrogen-bond acceptors (Lipinski definition) is 6. The first-order chi connectivity index (χ1) is 14.7. The zero-order valence-electron chi connectivity index (χ0n) is 17.2. The van der Waals surface area contributed by atoms with Crippen molar-refractivity contribution < 1.29 is 9.53 Å². The molecule has 3 aromatic rings. The van der Waals surface area contributed by atoms with Gasteiger partial charge in [-0.15, -0.1) is 0 Å². The van der Waals surface area contributed by atoms with Gasteiger partial charge >= 0.3 is 0 Å². The first-order valence-electron chi connectivity index (χ1n) is 10.6. The van der Waals surface area contributed by atoms with Gasteiger partial charge in [-0.25, -0.2) is 0 Å². The molecule has 9 nitrogen and oxygen atoms in total. The van der Waals surface area contributed by atoms with Gasteiger partial charge in [0.15, 0.2) is 0 Å². The maximum Gasteiger partial charge on any atom is 0.254 e. The molecule has 1 N–H and O–H groups in total. The number of aromatic nitrogens is 5. The molecule has 2 aromatic heterocycles. The molecule has 2 aliphatic heterocycles. The summed E-state index contributed by atoms with van der Waals surface area (Å²) in [5.41, 5.74) is 3.07. The van der Waals surface area contributed by atoms with Crippen LogP contribution in [0, 0.1) is 0 Å². The van der Waals surface area contributed by atoms with Crippen molar-refractivity contribution in [1.29, 1.82) is 0 Å². The Morgan fingerprint density at radius 1 is 1.17 bits per heavy atom. The van der Waals surface area contributed by atoms with E-state index >= 15 is 0 Å². The largest absolute Gasteiger partial charge is 0.373 e. The summed E-state index contributed by atoms with van der Waals surface area (Å²) < 4.78 is 8.01. The van der Waals surface area contributed by atoms with Gasteiger partial charge in [0.2, 0.25) is 0 Å². The minimum absolute atomic E-state index is 0.0132. The number of benzene rings is 1. The average Bonchev–Trinajstić information content (AvgIpc) is 3.42. The van der Waals surface area contributed by atoms with Gasteiger partial charge in [0.25, 0.3) is 5.91 Å². The zero-order valence-corrected chi connectivity index (χ0v) is 17.2. The van der Waals surface area contributed by atoms with Crippen LogP contribution in [0.15, 0.2) is 30.6 Å². The van der Waals surface area contributed by atoms with Crippen LogP contribution in [0.5, 0.6) is 0 Å².